The summed E-state index contributed by atoms with van der Waals surface area (Å²) in [6.45, 7) is 4.12. The minimum Gasteiger partial charge on any atom is -0.488 e. The number of carbonyl (C=O) groups is 1. The quantitative estimate of drug-likeness (QED) is 0.886. The Morgan fingerprint density at radius 3 is 2.81 bits per heavy atom. The van der Waals surface area contributed by atoms with E-state index >= 15 is 0 Å². The maximum atomic E-state index is 12.5. The van der Waals surface area contributed by atoms with Gasteiger partial charge >= 0.3 is 0 Å². The van der Waals surface area contributed by atoms with Gasteiger partial charge in [-0.25, -0.2) is 0 Å². The predicted octanol–water partition coefficient (Wildman–Crippen LogP) is 2.48. The minimum atomic E-state index is -0.0896. The number of amides is 1. The zero-order valence-corrected chi connectivity index (χ0v) is 15.3. The first-order valence-corrected chi connectivity index (χ1v) is 9.36. The Morgan fingerprint density at radius 1 is 1.11 bits per heavy atom. The lowest BCUT2D eigenvalue weighted by Gasteiger charge is -2.33. The first-order chi connectivity index (χ1) is 13.3. The molecule has 1 N–H and O–H groups in total. The van der Waals surface area contributed by atoms with Crippen molar-refractivity contribution in [2.75, 3.05) is 32.8 Å². The molecule has 2 aromatic rings. The zero-order valence-electron chi connectivity index (χ0n) is 15.3. The average molecular weight is 364 g/mol. The molecule has 0 aromatic heterocycles. The van der Waals surface area contributed by atoms with Gasteiger partial charge in [-0.2, -0.15) is 0 Å². The van der Waals surface area contributed by atoms with Crippen LogP contribution in [-0.2, 0) is 16.1 Å². The largest absolute Gasteiger partial charge is 0.488 e. The van der Waals surface area contributed by atoms with E-state index in [9.17, 15) is 4.79 Å². The van der Waals surface area contributed by atoms with Crippen molar-refractivity contribution in [2.24, 2.45) is 0 Å². The molecule has 2 aliphatic heterocycles. The number of hydrogen-bond donors (Lipinski definition) is 1. The Balaban J connectivity index is 1.29. The molecular formula is C22H24N2O3. The number of hydrogen-bond acceptors (Lipinski definition) is 4. The molecule has 0 bridgehead atoms. The highest BCUT2D eigenvalue weighted by molar-refractivity contribution is 5.99. The SMILES string of the molecule is O=C(NCC1CN(Cc2ccccc2)CCO1)C1=Cc2ccccc2OC1. The van der Waals surface area contributed by atoms with Crippen molar-refractivity contribution < 1.29 is 14.3 Å². The van der Waals surface area contributed by atoms with Crippen molar-refractivity contribution in [3.8, 4) is 5.75 Å². The molecule has 1 fully saturated rings. The number of para-hydroxylation sites is 1. The van der Waals surface area contributed by atoms with Crippen molar-refractivity contribution >= 4 is 12.0 Å². The topological polar surface area (TPSA) is 50.8 Å². The summed E-state index contributed by atoms with van der Waals surface area (Å²) >= 11 is 0. The van der Waals surface area contributed by atoms with Crippen LogP contribution in [0.4, 0.5) is 0 Å². The number of nitrogens with one attached hydrogen (secondary N) is 1. The second kappa shape index (κ2) is 8.37. The summed E-state index contributed by atoms with van der Waals surface area (Å²) in [6.07, 6.45) is 1.90. The van der Waals surface area contributed by atoms with Crippen LogP contribution < -0.4 is 10.1 Å². The van der Waals surface area contributed by atoms with E-state index in [1.807, 2.05) is 36.4 Å². The first-order valence-electron chi connectivity index (χ1n) is 9.36. The van der Waals surface area contributed by atoms with Crippen LogP contribution in [0, 0.1) is 0 Å². The molecule has 1 amide bonds. The van der Waals surface area contributed by atoms with Gasteiger partial charge in [0.05, 0.1) is 18.3 Å². The van der Waals surface area contributed by atoms with Crippen molar-refractivity contribution in [1.29, 1.82) is 0 Å². The number of carbonyl (C=O) groups excluding carboxylic acids is 1. The molecule has 2 aromatic carbocycles. The summed E-state index contributed by atoms with van der Waals surface area (Å²) in [5, 5.41) is 3.00. The molecule has 27 heavy (non-hydrogen) atoms. The zero-order chi connectivity index (χ0) is 18.5. The summed E-state index contributed by atoms with van der Waals surface area (Å²) in [5.41, 5.74) is 2.88. The van der Waals surface area contributed by atoms with Crippen LogP contribution in [0.25, 0.3) is 6.08 Å². The fourth-order valence-corrected chi connectivity index (χ4v) is 3.46. The van der Waals surface area contributed by atoms with Gasteiger partial charge < -0.3 is 14.8 Å². The summed E-state index contributed by atoms with van der Waals surface area (Å²) in [5.74, 6) is 0.731. The van der Waals surface area contributed by atoms with Gasteiger partial charge in [0.1, 0.15) is 12.4 Å². The van der Waals surface area contributed by atoms with E-state index in [2.05, 4.69) is 34.5 Å². The second-order valence-electron chi connectivity index (χ2n) is 6.92. The Bertz CT molecular complexity index is 819. The van der Waals surface area contributed by atoms with Crippen LogP contribution in [0.2, 0.25) is 0 Å². The van der Waals surface area contributed by atoms with E-state index in [0.717, 1.165) is 30.9 Å². The molecule has 5 nitrogen and oxygen atoms in total. The van der Waals surface area contributed by atoms with Crippen LogP contribution in [0.3, 0.4) is 0 Å². The van der Waals surface area contributed by atoms with Gasteiger partial charge in [-0.3, -0.25) is 9.69 Å². The lowest BCUT2D eigenvalue weighted by Crippen LogP contribution is -2.47. The molecule has 0 radical (unpaired) electrons. The molecule has 2 aliphatic rings. The molecule has 5 heteroatoms. The Morgan fingerprint density at radius 2 is 1.93 bits per heavy atom. The van der Waals surface area contributed by atoms with Gasteiger partial charge in [-0.05, 0) is 17.7 Å². The van der Waals surface area contributed by atoms with E-state index in [1.54, 1.807) is 0 Å². The van der Waals surface area contributed by atoms with Crippen molar-refractivity contribution in [3.63, 3.8) is 0 Å². The van der Waals surface area contributed by atoms with Crippen molar-refractivity contribution in [2.45, 2.75) is 12.6 Å². The van der Waals surface area contributed by atoms with Crippen LogP contribution in [0.5, 0.6) is 5.75 Å². The number of rotatable bonds is 5. The molecule has 1 atom stereocenters. The van der Waals surface area contributed by atoms with E-state index in [1.165, 1.54) is 5.56 Å². The van der Waals surface area contributed by atoms with Crippen molar-refractivity contribution in [3.05, 3.63) is 71.3 Å². The smallest absolute Gasteiger partial charge is 0.250 e. The van der Waals surface area contributed by atoms with Gasteiger partial charge in [-0.1, -0.05) is 48.5 Å². The predicted molar refractivity (Wildman–Crippen MR) is 104 cm³/mol. The molecule has 4 rings (SSSR count). The Kier molecular flexibility index (Phi) is 5.51. The molecule has 0 saturated carbocycles. The standard InChI is InChI=1S/C22H24N2O3/c25-22(19-12-18-8-4-5-9-21(18)27-16-19)23-13-20-15-24(10-11-26-20)14-17-6-2-1-3-7-17/h1-9,12,20H,10-11,13-16H2,(H,23,25). The highest BCUT2D eigenvalue weighted by Gasteiger charge is 2.22. The number of benzene rings is 2. The van der Waals surface area contributed by atoms with Gasteiger partial charge in [0.2, 0.25) is 0 Å². The van der Waals surface area contributed by atoms with E-state index < -0.39 is 0 Å². The fourth-order valence-electron chi connectivity index (χ4n) is 3.46. The third-order valence-electron chi connectivity index (χ3n) is 4.89. The molecule has 0 spiro atoms. The monoisotopic (exact) mass is 364 g/mol. The first kappa shape index (κ1) is 17.8. The fraction of sp³-hybridized carbons (Fsp3) is 0.318. The summed E-state index contributed by atoms with van der Waals surface area (Å²) in [7, 11) is 0. The van der Waals surface area contributed by atoms with Gasteiger partial charge in [0.15, 0.2) is 0 Å². The van der Waals surface area contributed by atoms with Crippen LogP contribution in [0.15, 0.2) is 60.2 Å². The van der Waals surface area contributed by atoms with Crippen LogP contribution >= 0.6 is 0 Å². The summed E-state index contributed by atoms with van der Waals surface area (Å²) in [4.78, 5) is 14.9. The normalized spacial score (nSPS) is 19.6. The average Bonchev–Trinajstić information content (AvgIpc) is 2.73. The number of nitrogens with zero attached hydrogens (tertiary/aromatic N) is 1. The van der Waals surface area contributed by atoms with Crippen LogP contribution in [0.1, 0.15) is 11.1 Å². The lowest BCUT2D eigenvalue weighted by atomic mass is 10.1. The molecule has 140 valence electrons. The lowest BCUT2D eigenvalue weighted by molar-refractivity contribution is -0.119. The van der Waals surface area contributed by atoms with E-state index in [4.69, 9.17) is 9.47 Å². The highest BCUT2D eigenvalue weighted by atomic mass is 16.5. The minimum absolute atomic E-state index is 0.00353. The Hall–Kier alpha value is -2.63. The third kappa shape index (κ3) is 4.56. The summed E-state index contributed by atoms with van der Waals surface area (Å²) in [6, 6.07) is 18.2. The van der Waals surface area contributed by atoms with E-state index in [0.29, 0.717) is 25.3 Å². The second-order valence-corrected chi connectivity index (χ2v) is 6.92. The highest BCUT2D eigenvalue weighted by Crippen LogP contribution is 2.25. The van der Waals surface area contributed by atoms with Gasteiger partial charge in [0, 0.05) is 31.7 Å². The maximum Gasteiger partial charge on any atom is 0.250 e. The number of fused-ring (bicyclic) bond motifs is 1. The van der Waals surface area contributed by atoms with E-state index in [-0.39, 0.29) is 12.0 Å². The molecular weight excluding hydrogens is 340 g/mol. The molecule has 2 heterocycles. The molecule has 1 unspecified atom stereocenters. The van der Waals surface area contributed by atoms with Crippen molar-refractivity contribution in [1.82, 2.24) is 10.2 Å². The van der Waals surface area contributed by atoms with Gasteiger partial charge in [-0.15, -0.1) is 0 Å². The number of morpholine rings is 1. The third-order valence-corrected chi connectivity index (χ3v) is 4.89. The Labute approximate surface area is 159 Å². The number of ether oxygens (including phenoxy) is 2. The van der Waals surface area contributed by atoms with Gasteiger partial charge in [0.25, 0.3) is 5.91 Å². The molecule has 1 saturated heterocycles. The van der Waals surface area contributed by atoms with Crippen LogP contribution in [-0.4, -0.2) is 49.8 Å². The summed E-state index contributed by atoms with van der Waals surface area (Å²) < 4.78 is 11.5. The molecule has 0 aliphatic carbocycles. The maximum absolute atomic E-state index is 12.5.